The quantitative estimate of drug-likeness (QED) is 0.503. The van der Waals surface area contributed by atoms with Crippen molar-refractivity contribution in [2.75, 3.05) is 25.1 Å². The molecule has 8 nitrogen and oxygen atoms in total. The number of carbonyl (C=O) groups excluding carboxylic acids is 1. The number of likely N-dealkylation sites (N-methyl/N-ethyl adjacent to an activating group) is 1. The number of aromatic nitrogens is 3. The van der Waals surface area contributed by atoms with E-state index in [2.05, 4.69) is 5.32 Å². The first-order valence-corrected chi connectivity index (χ1v) is 13.4. The van der Waals surface area contributed by atoms with E-state index in [4.69, 9.17) is 17.3 Å². The summed E-state index contributed by atoms with van der Waals surface area (Å²) in [6.45, 7) is 4.49. The zero-order chi connectivity index (χ0) is 24.5. The Morgan fingerprint density at radius 3 is 2.32 bits per heavy atom. The lowest BCUT2D eigenvalue weighted by molar-refractivity contribution is -0.122. The maximum absolute atomic E-state index is 12.5. The number of benzene rings is 2. The van der Waals surface area contributed by atoms with Crippen LogP contribution < -0.4 is 5.32 Å². The highest BCUT2D eigenvalue weighted by Gasteiger charge is 2.29. The van der Waals surface area contributed by atoms with Crippen LogP contribution in [0.1, 0.15) is 17.5 Å². The van der Waals surface area contributed by atoms with Gasteiger partial charge < -0.3 is 5.32 Å². The maximum atomic E-state index is 12.5. The number of carbonyl (C=O) groups is 1. The topological polar surface area (TPSA) is 89.2 Å². The van der Waals surface area contributed by atoms with E-state index >= 15 is 0 Å². The Morgan fingerprint density at radius 1 is 1.12 bits per heavy atom. The lowest BCUT2D eigenvalue weighted by Crippen LogP contribution is -2.42. The summed E-state index contributed by atoms with van der Waals surface area (Å²) in [6.07, 6.45) is 0.462. The number of rotatable bonds is 7. The van der Waals surface area contributed by atoms with Gasteiger partial charge in [0.15, 0.2) is 15.7 Å². The predicted octanol–water partition coefficient (Wildman–Crippen LogP) is 2.88. The van der Waals surface area contributed by atoms with Crippen LogP contribution in [0.4, 0.5) is 0 Å². The van der Waals surface area contributed by atoms with Gasteiger partial charge in [-0.05, 0) is 51.7 Å². The molecule has 0 bridgehead atoms. The van der Waals surface area contributed by atoms with Gasteiger partial charge in [0.2, 0.25) is 10.7 Å². The van der Waals surface area contributed by atoms with E-state index in [0.717, 1.165) is 28.2 Å². The number of aryl methyl sites for hydroxylation is 2. The molecule has 10 heteroatoms. The van der Waals surface area contributed by atoms with E-state index in [-0.39, 0.29) is 30.0 Å². The van der Waals surface area contributed by atoms with Gasteiger partial charge in [-0.1, -0.05) is 47.5 Å². The fraction of sp³-hybridized carbons (Fsp3) is 0.375. The van der Waals surface area contributed by atoms with E-state index in [0.29, 0.717) is 17.9 Å². The highest BCUT2D eigenvalue weighted by atomic mass is 32.2. The summed E-state index contributed by atoms with van der Waals surface area (Å²) in [5, 5.41) is 7.62. The summed E-state index contributed by atoms with van der Waals surface area (Å²) in [5.74, 6) is 0.644. The van der Waals surface area contributed by atoms with E-state index in [1.54, 1.807) is 9.58 Å². The average molecular weight is 500 g/mol. The molecule has 4 rings (SSSR count). The van der Waals surface area contributed by atoms with Crippen molar-refractivity contribution in [1.82, 2.24) is 24.6 Å². The van der Waals surface area contributed by atoms with Crippen LogP contribution in [-0.2, 0) is 21.3 Å². The normalized spacial score (nSPS) is 17.2. The number of nitrogens with zero attached hydrogens (tertiary/aromatic N) is 4. The highest BCUT2D eigenvalue weighted by Crippen LogP contribution is 2.23. The molecule has 0 unspecified atom stereocenters. The van der Waals surface area contributed by atoms with Gasteiger partial charge >= 0.3 is 0 Å². The van der Waals surface area contributed by atoms with Crippen molar-refractivity contribution >= 4 is 28.0 Å². The molecule has 0 radical (unpaired) electrons. The van der Waals surface area contributed by atoms with Crippen LogP contribution in [-0.4, -0.2) is 64.7 Å². The fourth-order valence-corrected chi connectivity index (χ4v) is 5.99. The molecule has 1 fully saturated rings. The van der Waals surface area contributed by atoms with Crippen molar-refractivity contribution in [3.63, 3.8) is 0 Å². The Bertz CT molecular complexity index is 1340. The number of sulfone groups is 1. The van der Waals surface area contributed by atoms with E-state index in [1.165, 1.54) is 0 Å². The number of hydrogen-bond acceptors (Lipinski definition) is 6. The largest absolute Gasteiger partial charge is 0.351 e. The lowest BCUT2D eigenvalue weighted by atomic mass is 10.1. The Kier molecular flexibility index (Phi) is 7.01. The van der Waals surface area contributed by atoms with Crippen LogP contribution >= 0.6 is 12.2 Å². The SMILES string of the molecule is Cc1ccc(-c2nn(CN(C)CC(=O)N[C@H]3CCS(=O)(=O)C3)c(=S)n2-c2ccc(C)cc2)cc1. The first-order valence-electron chi connectivity index (χ1n) is 11.1. The number of hydrogen-bond donors (Lipinski definition) is 1. The summed E-state index contributed by atoms with van der Waals surface area (Å²) in [4.78, 5) is 14.3. The van der Waals surface area contributed by atoms with Gasteiger partial charge in [0.1, 0.15) is 0 Å². The van der Waals surface area contributed by atoms with Gasteiger partial charge in [-0.3, -0.25) is 14.3 Å². The van der Waals surface area contributed by atoms with Gasteiger partial charge in [0.05, 0.1) is 24.7 Å². The Balaban J connectivity index is 1.56. The summed E-state index contributed by atoms with van der Waals surface area (Å²) in [6, 6.07) is 15.9. The molecule has 1 atom stereocenters. The van der Waals surface area contributed by atoms with Crippen LogP contribution in [0.25, 0.3) is 17.1 Å². The maximum Gasteiger partial charge on any atom is 0.234 e. The second-order valence-electron chi connectivity index (χ2n) is 8.97. The predicted molar refractivity (Wildman–Crippen MR) is 135 cm³/mol. The molecule has 1 amide bonds. The standard InChI is InChI=1S/C24H29N5O3S2/c1-17-4-8-19(9-5-17)23-26-28(24(33)29(23)21-10-6-18(2)7-11-21)16-27(3)14-22(30)25-20-12-13-34(31,32)15-20/h4-11,20H,12-16H2,1-3H3,(H,25,30)/t20-/m0/s1. The molecule has 1 aromatic heterocycles. The van der Waals surface area contributed by atoms with Crippen molar-refractivity contribution < 1.29 is 13.2 Å². The second-order valence-corrected chi connectivity index (χ2v) is 11.6. The lowest BCUT2D eigenvalue weighted by Gasteiger charge is -2.18. The summed E-state index contributed by atoms with van der Waals surface area (Å²) < 4.78 is 27.5. The molecular formula is C24H29N5O3S2. The van der Waals surface area contributed by atoms with Crippen LogP contribution in [0.5, 0.6) is 0 Å². The second kappa shape index (κ2) is 9.81. The van der Waals surface area contributed by atoms with Gasteiger partial charge in [-0.2, -0.15) is 0 Å². The molecule has 1 aliphatic heterocycles. The fourth-order valence-electron chi connectivity index (χ4n) is 4.02. The highest BCUT2D eigenvalue weighted by molar-refractivity contribution is 7.91. The minimum atomic E-state index is -3.04. The zero-order valence-corrected chi connectivity index (χ0v) is 21.2. The summed E-state index contributed by atoms with van der Waals surface area (Å²) in [5.41, 5.74) is 4.17. The molecule has 1 saturated heterocycles. The average Bonchev–Trinajstić information content (AvgIpc) is 3.27. The minimum Gasteiger partial charge on any atom is -0.351 e. The van der Waals surface area contributed by atoms with Gasteiger partial charge in [-0.25, -0.2) is 13.1 Å². The smallest absolute Gasteiger partial charge is 0.234 e. The van der Waals surface area contributed by atoms with Gasteiger partial charge in [0.25, 0.3) is 0 Å². The summed E-state index contributed by atoms with van der Waals surface area (Å²) >= 11 is 5.80. The Hall–Kier alpha value is -2.82. The van der Waals surface area contributed by atoms with Crippen molar-refractivity contribution in [3.05, 3.63) is 64.4 Å². The molecule has 0 saturated carbocycles. The first kappa shape index (κ1) is 24.3. The Labute approximate surface area is 205 Å². The molecule has 1 N–H and O–H groups in total. The molecule has 1 aliphatic rings. The molecule has 3 aromatic rings. The van der Waals surface area contributed by atoms with E-state index in [1.807, 2.05) is 74.0 Å². The minimum absolute atomic E-state index is 0.00831. The molecular weight excluding hydrogens is 470 g/mol. The van der Waals surface area contributed by atoms with Crippen molar-refractivity contribution in [1.29, 1.82) is 0 Å². The monoisotopic (exact) mass is 499 g/mol. The zero-order valence-electron chi connectivity index (χ0n) is 19.6. The van der Waals surface area contributed by atoms with E-state index < -0.39 is 9.84 Å². The van der Waals surface area contributed by atoms with Crippen molar-refractivity contribution in [3.8, 4) is 17.1 Å². The van der Waals surface area contributed by atoms with E-state index in [9.17, 15) is 13.2 Å². The molecule has 180 valence electrons. The number of amides is 1. The number of nitrogens with one attached hydrogen (secondary N) is 1. The third-order valence-corrected chi connectivity index (χ3v) is 7.99. The third kappa shape index (κ3) is 5.63. The van der Waals surface area contributed by atoms with Crippen LogP contribution in [0.15, 0.2) is 48.5 Å². The summed E-state index contributed by atoms with van der Waals surface area (Å²) in [7, 11) is -1.23. The molecule has 0 spiro atoms. The van der Waals surface area contributed by atoms with Crippen LogP contribution in [0.2, 0.25) is 0 Å². The van der Waals surface area contributed by atoms with Gasteiger partial charge in [-0.15, -0.1) is 5.10 Å². The first-order chi connectivity index (χ1) is 16.1. The van der Waals surface area contributed by atoms with Crippen LogP contribution in [0, 0.1) is 18.6 Å². The molecule has 2 aromatic carbocycles. The Morgan fingerprint density at radius 2 is 1.74 bits per heavy atom. The van der Waals surface area contributed by atoms with Crippen molar-refractivity contribution in [2.24, 2.45) is 0 Å². The van der Waals surface area contributed by atoms with Crippen LogP contribution in [0.3, 0.4) is 0 Å². The van der Waals surface area contributed by atoms with Gasteiger partial charge in [0, 0.05) is 17.3 Å². The molecule has 2 heterocycles. The van der Waals surface area contributed by atoms with Crippen molar-refractivity contribution in [2.45, 2.75) is 33.0 Å². The third-order valence-electron chi connectivity index (χ3n) is 5.83. The molecule has 0 aliphatic carbocycles. The molecule has 34 heavy (non-hydrogen) atoms.